The summed E-state index contributed by atoms with van der Waals surface area (Å²) in [7, 11) is 0. The molecule has 38 valence electrons. The molecule has 0 unspecified atom stereocenters. The van der Waals surface area contributed by atoms with Gasteiger partial charge in [-0.3, -0.25) is 0 Å². The Bertz CT molecular complexity index is 7.51. The first-order valence-electron chi connectivity index (χ1n) is 0.912. The normalized spacial score (nSPS) is 6.00. The van der Waals surface area contributed by atoms with Gasteiger partial charge < -0.3 is 0 Å². The summed E-state index contributed by atoms with van der Waals surface area (Å²) in [6.07, 6.45) is 0. The summed E-state index contributed by atoms with van der Waals surface area (Å²) in [5, 5.41) is 1.89. The van der Waals surface area contributed by atoms with Crippen molar-refractivity contribution in [2.45, 2.75) is 0 Å². The van der Waals surface area contributed by atoms with Crippen molar-refractivity contribution in [3.05, 3.63) is 5.34 Å². The summed E-state index contributed by atoms with van der Waals surface area (Å²) in [5.41, 5.74) is 0. The zero-order chi connectivity index (χ0) is 5.41. The second-order valence-corrected chi connectivity index (χ2v) is 1.55. The van der Waals surface area contributed by atoms with E-state index in [1.165, 1.54) is 0 Å². The van der Waals surface area contributed by atoms with Gasteiger partial charge in [-0.25, -0.2) is 0 Å². The fraction of sp³-hybridized carbons (Fsp3) is 0.500. The molecule has 6 heavy (non-hydrogen) atoms. The van der Waals surface area contributed by atoms with Crippen molar-refractivity contribution in [2.75, 3.05) is 5.34 Å². The smallest absolute Gasteiger partial charge is 0.109 e. The Labute approximate surface area is 57.3 Å². The molecule has 0 heterocycles. The van der Waals surface area contributed by atoms with E-state index in [0.717, 1.165) is 0 Å². The largest absolute Gasteiger partial charge is 0.189 e. The molecule has 0 amide bonds. The summed E-state index contributed by atoms with van der Waals surface area (Å²) in [6, 6.07) is 0. The minimum Gasteiger partial charge on any atom is -0.109 e. The maximum absolute atomic E-state index is 4.76. The van der Waals surface area contributed by atoms with Crippen LogP contribution in [0.3, 0.4) is 0 Å². The van der Waals surface area contributed by atoms with E-state index < -0.39 is 0 Å². The molecule has 0 bridgehead atoms. The third kappa shape index (κ3) is 66.4. The molecule has 0 atom stereocenters. The van der Waals surface area contributed by atoms with Gasteiger partial charge in [0, 0.05) is 0 Å². The molecule has 4 heteroatoms. The Morgan fingerprint density at radius 3 is 1.17 bits per heavy atom. The van der Waals surface area contributed by atoms with E-state index in [9.17, 15) is 0 Å². The SMILES string of the molecule is ClCCl.Cl[C]Cl. The maximum Gasteiger partial charge on any atom is 0.189 e. The lowest BCUT2D eigenvalue weighted by atomic mass is 11.9. The number of rotatable bonds is 0. The Morgan fingerprint density at radius 2 is 1.17 bits per heavy atom. The van der Waals surface area contributed by atoms with Gasteiger partial charge in [0.15, 0.2) is 5.34 Å². The van der Waals surface area contributed by atoms with Gasteiger partial charge in [0.05, 0.1) is 5.34 Å². The Balaban J connectivity index is 0. The average molecular weight is 168 g/mol. The molecule has 0 aliphatic carbocycles. The fourth-order valence-corrected chi connectivity index (χ4v) is 0. The Hall–Kier alpha value is 1.16. The van der Waals surface area contributed by atoms with Crippen molar-refractivity contribution in [3.8, 4) is 0 Å². The van der Waals surface area contributed by atoms with E-state index in [-0.39, 0.29) is 5.34 Å². The third-order valence-corrected chi connectivity index (χ3v) is 0. The molecule has 0 rings (SSSR count). The van der Waals surface area contributed by atoms with Gasteiger partial charge in [-0.1, -0.05) is 23.2 Å². The molecule has 0 saturated carbocycles. The van der Waals surface area contributed by atoms with Gasteiger partial charge >= 0.3 is 0 Å². The average Bonchev–Trinajstić information content (AvgIpc) is 1.39. The zero-order valence-corrected chi connectivity index (χ0v) is 5.74. The van der Waals surface area contributed by atoms with Crippen LogP contribution in [0.4, 0.5) is 0 Å². The first kappa shape index (κ1) is 10.2. The molecule has 0 nitrogen and oxygen atoms in total. The highest BCUT2D eigenvalue weighted by molar-refractivity contribution is 6.47. The van der Waals surface area contributed by atoms with Crippen LogP contribution in [0, 0.1) is 5.34 Å². The summed E-state index contributed by atoms with van der Waals surface area (Å²) in [6.45, 7) is 0. The molecule has 2 radical (unpaired) electrons. The van der Waals surface area contributed by atoms with Crippen LogP contribution in [0.2, 0.25) is 0 Å². The van der Waals surface area contributed by atoms with Gasteiger partial charge in [0.25, 0.3) is 0 Å². The highest BCUT2D eigenvalue weighted by atomic mass is 35.5. The molecule has 0 saturated heterocycles. The zero-order valence-electron chi connectivity index (χ0n) is 2.72. The molecule has 0 fully saturated rings. The van der Waals surface area contributed by atoms with Gasteiger partial charge in [-0.05, 0) is 0 Å². The molecular formula is C2H2Cl4. The van der Waals surface area contributed by atoms with Crippen LogP contribution in [-0.2, 0) is 0 Å². The second-order valence-electron chi connectivity index (χ2n) is 0.172. The van der Waals surface area contributed by atoms with Crippen molar-refractivity contribution in [1.29, 1.82) is 0 Å². The first-order valence-corrected chi connectivity index (χ1v) is 2.74. The van der Waals surface area contributed by atoms with Crippen LogP contribution < -0.4 is 0 Å². The highest BCUT2D eigenvalue weighted by Gasteiger charge is 1.47. The summed E-state index contributed by atoms with van der Waals surface area (Å²) in [5.74, 6) is 0. The van der Waals surface area contributed by atoms with Crippen molar-refractivity contribution in [1.82, 2.24) is 0 Å². The van der Waals surface area contributed by atoms with Crippen LogP contribution in [0.5, 0.6) is 0 Å². The van der Waals surface area contributed by atoms with E-state index in [2.05, 4.69) is 23.2 Å². The van der Waals surface area contributed by atoms with Gasteiger partial charge in [-0.15, -0.1) is 23.2 Å². The molecule has 0 aliphatic rings. The highest BCUT2D eigenvalue weighted by Crippen LogP contribution is 1.83. The number of alkyl halides is 2. The maximum atomic E-state index is 4.76. The van der Waals surface area contributed by atoms with Crippen LogP contribution >= 0.6 is 46.4 Å². The first-order chi connectivity index (χ1) is 2.83. The van der Waals surface area contributed by atoms with Crippen LogP contribution in [0.25, 0.3) is 0 Å². The van der Waals surface area contributed by atoms with Crippen LogP contribution in [0.15, 0.2) is 0 Å². The van der Waals surface area contributed by atoms with E-state index in [4.69, 9.17) is 23.2 Å². The van der Waals surface area contributed by atoms with Crippen LogP contribution in [0.1, 0.15) is 0 Å². The van der Waals surface area contributed by atoms with E-state index in [1.54, 1.807) is 5.34 Å². The third-order valence-electron chi connectivity index (χ3n) is 0. The molecule has 0 N–H and O–H groups in total. The van der Waals surface area contributed by atoms with Gasteiger partial charge in [0.1, 0.15) is 0 Å². The number of hydrogen-bond donors (Lipinski definition) is 0. The molecule has 0 aromatic heterocycles. The summed E-state index contributed by atoms with van der Waals surface area (Å²) in [4.78, 5) is 0. The van der Waals surface area contributed by atoms with E-state index >= 15 is 0 Å². The predicted molar refractivity (Wildman–Crippen MR) is 31.5 cm³/mol. The van der Waals surface area contributed by atoms with Crippen molar-refractivity contribution >= 4 is 46.4 Å². The predicted octanol–water partition coefficient (Wildman–Crippen LogP) is 2.88. The lowest BCUT2D eigenvalue weighted by Crippen LogP contribution is -1.24. The monoisotopic (exact) mass is 166 g/mol. The Kier molecular flexibility index (Phi) is 27.9. The fourth-order valence-electron chi connectivity index (χ4n) is 0. The molecule has 0 aliphatic heterocycles. The Morgan fingerprint density at radius 1 is 1.17 bits per heavy atom. The summed E-state index contributed by atoms with van der Waals surface area (Å²) >= 11 is 18.6. The lowest BCUT2D eigenvalue weighted by Gasteiger charge is -1.42. The van der Waals surface area contributed by atoms with Gasteiger partial charge in [0.2, 0.25) is 0 Å². The molecule has 0 spiro atoms. The standard InChI is InChI=1S/CH2Cl2.CCl2/c2*2-1-3/h1H2;. The minimum absolute atomic E-state index is 0.194. The van der Waals surface area contributed by atoms with Crippen molar-refractivity contribution < 1.29 is 0 Å². The minimum atomic E-state index is 0.194. The molecule has 0 aromatic carbocycles. The van der Waals surface area contributed by atoms with Crippen LogP contribution in [-0.4, -0.2) is 5.34 Å². The lowest BCUT2D eigenvalue weighted by molar-refractivity contribution is 2.20. The van der Waals surface area contributed by atoms with E-state index in [1.807, 2.05) is 0 Å². The molecule has 0 aromatic rings. The quantitative estimate of drug-likeness (QED) is 0.487. The van der Waals surface area contributed by atoms with Gasteiger partial charge in [-0.2, -0.15) is 0 Å². The molecular weight excluding hydrogens is 166 g/mol. The second kappa shape index (κ2) is 16.4. The number of halogens is 4. The van der Waals surface area contributed by atoms with E-state index in [0.29, 0.717) is 0 Å². The number of hydrogen-bond acceptors (Lipinski definition) is 0. The van der Waals surface area contributed by atoms with Crippen molar-refractivity contribution in [3.63, 3.8) is 0 Å². The van der Waals surface area contributed by atoms with Crippen molar-refractivity contribution in [2.24, 2.45) is 0 Å². The topological polar surface area (TPSA) is 0 Å². The summed E-state index contributed by atoms with van der Waals surface area (Å²) < 4.78 is 0.